The van der Waals surface area contributed by atoms with Crippen LogP contribution in [0.1, 0.15) is 25.8 Å². The second-order valence-corrected chi connectivity index (χ2v) is 8.83. The Bertz CT molecular complexity index is 1220. The van der Waals surface area contributed by atoms with E-state index in [1.807, 2.05) is 6.92 Å². The Hall–Kier alpha value is -3.21. The van der Waals surface area contributed by atoms with E-state index in [2.05, 4.69) is 20.6 Å². The van der Waals surface area contributed by atoms with Crippen LogP contribution in [0.2, 0.25) is 10.0 Å². The standard InChI is InChI=1S/C23H25Cl2N7O3/c1-2-35-13-20(32-12-19(29-30-32)14-7-8-27-21(26)10-14)22(33)28-18-4-3-9-31(23(18)34)15-5-6-16(24)17(25)11-15/h5-8,10-12,18,20H,2-4,9,13H2,1H3,(H2,26,27)(H,28,33). The molecule has 0 spiro atoms. The Morgan fingerprint density at radius 2 is 2.11 bits per heavy atom. The summed E-state index contributed by atoms with van der Waals surface area (Å²) in [7, 11) is 0. The molecule has 1 aliphatic rings. The van der Waals surface area contributed by atoms with Gasteiger partial charge in [-0.2, -0.15) is 0 Å². The summed E-state index contributed by atoms with van der Waals surface area (Å²) >= 11 is 12.1. The van der Waals surface area contributed by atoms with Crippen LogP contribution in [0.3, 0.4) is 0 Å². The molecule has 0 radical (unpaired) electrons. The molecule has 0 aliphatic carbocycles. The molecule has 2 aromatic heterocycles. The van der Waals surface area contributed by atoms with Crippen molar-refractivity contribution in [1.29, 1.82) is 0 Å². The van der Waals surface area contributed by atoms with E-state index in [1.54, 1.807) is 47.6 Å². The fraction of sp³-hybridized carbons (Fsp3) is 0.348. The monoisotopic (exact) mass is 517 g/mol. The van der Waals surface area contributed by atoms with Crippen LogP contribution < -0.4 is 16.0 Å². The van der Waals surface area contributed by atoms with Crippen LogP contribution in [0, 0.1) is 0 Å². The van der Waals surface area contributed by atoms with Gasteiger partial charge in [-0.3, -0.25) is 9.59 Å². The zero-order chi connectivity index (χ0) is 24.9. The lowest BCUT2D eigenvalue weighted by Crippen LogP contribution is -2.54. The molecule has 12 heteroatoms. The Balaban J connectivity index is 1.51. The zero-order valence-corrected chi connectivity index (χ0v) is 20.5. The smallest absolute Gasteiger partial charge is 0.249 e. The number of ether oxygens (including phenoxy) is 1. The molecule has 3 N–H and O–H groups in total. The average molecular weight is 518 g/mol. The molecule has 2 unspecified atom stereocenters. The predicted octanol–water partition coefficient (Wildman–Crippen LogP) is 3.12. The molecular weight excluding hydrogens is 493 g/mol. The van der Waals surface area contributed by atoms with Gasteiger partial charge >= 0.3 is 0 Å². The maximum Gasteiger partial charge on any atom is 0.249 e. The van der Waals surface area contributed by atoms with Gasteiger partial charge in [0.25, 0.3) is 0 Å². The Morgan fingerprint density at radius 1 is 1.29 bits per heavy atom. The number of carbonyl (C=O) groups is 2. The van der Waals surface area contributed by atoms with Crippen LogP contribution >= 0.6 is 23.2 Å². The first-order chi connectivity index (χ1) is 16.9. The summed E-state index contributed by atoms with van der Waals surface area (Å²) in [6.07, 6.45) is 4.44. The number of benzene rings is 1. The molecule has 1 aliphatic heterocycles. The molecule has 4 rings (SSSR count). The van der Waals surface area contributed by atoms with Gasteiger partial charge in [0.05, 0.1) is 22.8 Å². The number of carbonyl (C=O) groups excluding carboxylic acids is 2. The zero-order valence-electron chi connectivity index (χ0n) is 19.0. The lowest BCUT2D eigenvalue weighted by Gasteiger charge is -2.33. The largest absolute Gasteiger partial charge is 0.384 e. The normalized spacial score (nSPS) is 16.8. The van der Waals surface area contributed by atoms with Gasteiger partial charge in [0.1, 0.15) is 17.6 Å². The van der Waals surface area contributed by atoms with Crippen molar-refractivity contribution < 1.29 is 14.3 Å². The van der Waals surface area contributed by atoms with Crippen LogP contribution in [0.15, 0.2) is 42.7 Å². The molecule has 2 amide bonds. The van der Waals surface area contributed by atoms with E-state index in [0.717, 1.165) is 5.56 Å². The minimum Gasteiger partial charge on any atom is -0.384 e. The summed E-state index contributed by atoms with van der Waals surface area (Å²) in [5, 5.41) is 11.9. The van der Waals surface area contributed by atoms with Crippen LogP contribution in [0.4, 0.5) is 11.5 Å². The number of nitrogens with two attached hydrogens (primary N) is 1. The summed E-state index contributed by atoms with van der Waals surface area (Å²) < 4.78 is 6.97. The van der Waals surface area contributed by atoms with Gasteiger partial charge < -0.3 is 20.7 Å². The number of halogens is 2. The first-order valence-electron chi connectivity index (χ1n) is 11.2. The van der Waals surface area contributed by atoms with Crippen LogP contribution in [0.5, 0.6) is 0 Å². The maximum absolute atomic E-state index is 13.3. The van der Waals surface area contributed by atoms with Crippen LogP contribution in [-0.2, 0) is 14.3 Å². The minimum absolute atomic E-state index is 0.0705. The topological polar surface area (TPSA) is 128 Å². The van der Waals surface area contributed by atoms with Crippen molar-refractivity contribution in [2.24, 2.45) is 0 Å². The highest BCUT2D eigenvalue weighted by Gasteiger charge is 2.33. The predicted molar refractivity (Wildman–Crippen MR) is 133 cm³/mol. The molecule has 3 aromatic rings. The number of piperidine rings is 1. The SMILES string of the molecule is CCOCC(C(=O)NC1CCCN(c2ccc(Cl)c(Cl)c2)C1=O)n1cc(-c2ccnc(N)c2)nn1. The quantitative estimate of drug-likeness (QED) is 0.469. The first kappa shape index (κ1) is 24.9. The lowest BCUT2D eigenvalue weighted by atomic mass is 10.0. The second-order valence-electron chi connectivity index (χ2n) is 8.02. The lowest BCUT2D eigenvalue weighted by molar-refractivity contribution is -0.131. The number of hydrogen-bond donors (Lipinski definition) is 2. The fourth-order valence-electron chi connectivity index (χ4n) is 3.86. The number of amides is 2. The molecule has 0 saturated carbocycles. The summed E-state index contributed by atoms with van der Waals surface area (Å²) in [6, 6.07) is 6.93. The molecule has 0 bridgehead atoms. The van der Waals surface area contributed by atoms with Gasteiger partial charge in [0.2, 0.25) is 11.8 Å². The molecule has 10 nitrogen and oxygen atoms in total. The van der Waals surface area contributed by atoms with Crippen molar-refractivity contribution >= 4 is 46.5 Å². The highest BCUT2D eigenvalue weighted by atomic mass is 35.5. The number of nitrogens with one attached hydrogen (secondary N) is 1. The molecule has 1 saturated heterocycles. The highest BCUT2D eigenvalue weighted by molar-refractivity contribution is 6.42. The van der Waals surface area contributed by atoms with Gasteiger partial charge in [0.15, 0.2) is 6.04 Å². The molecule has 184 valence electrons. The Labute approximate surface area is 212 Å². The molecule has 1 fully saturated rings. The van der Waals surface area contributed by atoms with E-state index >= 15 is 0 Å². The van der Waals surface area contributed by atoms with Crippen LogP contribution in [-0.4, -0.2) is 57.6 Å². The van der Waals surface area contributed by atoms with Gasteiger partial charge in [0, 0.05) is 30.6 Å². The van der Waals surface area contributed by atoms with Crippen LogP contribution in [0.25, 0.3) is 11.3 Å². The molecule has 3 heterocycles. The summed E-state index contributed by atoms with van der Waals surface area (Å²) in [5.74, 6) is -0.258. The minimum atomic E-state index is -0.816. The number of pyridine rings is 1. The van der Waals surface area contributed by atoms with E-state index in [0.29, 0.717) is 53.2 Å². The molecule has 2 atom stereocenters. The first-order valence-corrected chi connectivity index (χ1v) is 11.9. The van der Waals surface area contributed by atoms with Crippen molar-refractivity contribution in [2.75, 3.05) is 30.4 Å². The number of aromatic nitrogens is 4. The van der Waals surface area contributed by atoms with Crippen molar-refractivity contribution in [2.45, 2.75) is 31.8 Å². The summed E-state index contributed by atoms with van der Waals surface area (Å²) in [4.78, 5) is 32.1. The van der Waals surface area contributed by atoms with Crippen molar-refractivity contribution in [1.82, 2.24) is 25.3 Å². The Morgan fingerprint density at radius 3 is 2.86 bits per heavy atom. The van der Waals surface area contributed by atoms with Gasteiger partial charge in [-0.25, -0.2) is 9.67 Å². The number of hydrogen-bond acceptors (Lipinski definition) is 7. The average Bonchev–Trinajstić information content (AvgIpc) is 3.32. The van der Waals surface area contributed by atoms with E-state index in [-0.39, 0.29) is 12.5 Å². The van der Waals surface area contributed by atoms with Gasteiger partial charge in [-0.1, -0.05) is 28.4 Å². The number of nitrogens with zero attached hydrogens (tertiary/aromatic N) is 5. The number of nitrogen functional groups attached to an aromatic ring is 1. The van der Waals surface area contributed by atoms with E-state index in [9.17, 15) is 9.59 Å². The van der Waals surface area contributed by atoms with Crippen molar-refractivity contribution in [3.8, 4) is 11.3 Å². The third-order valence-corrected chi connectivity index (χ3v) is 6.40. The van der Waals surface area contributed by atoms with Crippen molar-refractivity contribution in [3.05, 3.63) is 52.8 Å². The molecule has 1 aromatic carbocycles. The van der Waals surface area contributed by atoms with E-state index in [1.165, 1.54) is 4.68 Å². The second kappa shape index (κ2) is 11.0. The molecule has 35 heavy (non-hydrogen) atoms. The van der Waals surface area contributed by atoms with Gasteiger partial charge in [-0.15, -0.1) is 5.10 Å². The highest BCUT2D eigenvalue weighted by Crippen LogP contribution is 2.29. The summed E-state index contributed by atoms with van der Waals surface area (Å²) in [5.41, 5.74) is 7.65. The molecular formula is C23H25Cl2N7O3. The van der Waals surface area contributed by atoms with E-state index < -0.39 is 18.0 Å². The third-order valence-electron chi connectivity index (χ3n) is 5.66. The fourth-order valence-corrected chi connectivity index (χ4v) is 4.15. The van der Waals surface area contributed by atoms with Crippen molar-refractivity contribution in [3.63, 3.8) is 0 Å². The third kappa shape index (κ3) is 5.72. The Kier molecular flexibility index (Phi) is 7.84. The maximum atomic E-state index is 13.3. The summed E-state index contributed by atoms with van der Waals surface area (Å²) in [6.45, 7) is 2.84. The number of rotatable bonds is 8. The van der Waals surface area contributed by atoms with E-state index in [4.69, 9.17) is 33.7 Å². The van der Waals surface area contributed by atoms with Gasteiger partial charge in [-0.05, 0) is 50.1 Å². The number of anilines is 2.